The Morgan fingerprint density at radius 1 is 1.26 bits per heavy atom. The third kappa shape index (κ3) is 7.14. The van der Waals surface area contributed by atoms with E-state index in [0.717, 1.165) is 5.56 Å². The van der Waals surface area contributed by atoms with E-state index in [9.17, 15) is 13.6 Å². The third-order valence-corrected chi connectivity index (χ3v) is 2.94. The van der Waals surface area contributed by atoms with Gasteiger partial charge in [-0.15, -0.1) is 0 Å². The standard InChI is InChI=1S/C15H22F2N2O4/c1-10(9-21-2)19-15(20)18-7-6-11-4-5-12(22-3)13(8-11)23-14(16)17/h4-5,8,10,14H,6-7,9H2,1-3H3,(H2,18,19,20)/t10-/m0/s1. The van der Waals surface area contributed by atoms with E-state index in [1.165, 1.54) is 13.2 Å². The Labute approximate surface area is 134 Å². The minimum Gasteiger partial charge on any atom is -0.493 e. The van der Waals surface area contributed by atoms with Crippen molar-refractivity contribution in [3.05, 3.63) is 23.8 Å². The summed E-state index contributed by atoms with van der Waals surface area (Å²) in [5.74, 6) is 0.200. The normalized spacial score (nSPS) is 11.9. The summed E-state index contributed by atoms with van der Waals surface area (Å²) >= 11 is 0. The Morgan fingerprint density at radius 2 is 2.00 bits per heavy atom. The smallest absolute Gasteiger partial charge is 0.387 e. The highest BCUT2D eigenvalue weighted by atomic mass is 19.3. The molecule has 2 N–H and O–H groups in total. The number of methoxy groups -OCH3 is 2. The van der Waals surface area contributed by atoms with Gasteiger partial charge in [-0.25, -0.2) is 4.79 Å². The van der Waals surface area contributed by atoms with Gasteiger partial charge in [0, 0.05) is 13.7 Å². The fourth-order valence-electron chi connectivity index (χ4n) is 1.95. The Balaban J connectivity index is 2.50. The lowest BCUT2D eigenvalue weighted by molar-refractivity contribution is -0.0512. The summed E-state index contributed by atoms with van der Waals surface area (Å²) in [6.45, 7) is -0.336. The molecule has 6 nitrogen and oxygen atoms in total. The third-order valence-electron chi connectivity index (χ3n) is 2.94. The number of rotatable bonds is 9. The fraction of sp³-hybridized carbons (Fsp3) is 0.533. The van der Waals surface area contributed by atoms with Gasteiger partial charge in [-0.2, -0.15) is 8.78 Å². The van der Waals surface area contributed by atoms with Crippen molar-refractivity contribution in [1.29, 1.82) is 0 Å². The van der Waals surface area contributed by atoms with Crippen LogP contribution in [0.25, 0.3) is 0 Å². The van der Waals surface area contributed by atoms with Gasteiger partial charge < -0.3 is 24.8 Å². The Bertz CT molecular complexity index is 500. The maximum Gasteiger partial charge on any atom is 0.387 e. The lowest BCUT2D eigenvalue weighted by Crippen LogP contribution is -2.43. The number of urea groups is 1. The van der Waals surface area contributed by atoms with Crippen LogP contribution >= 0.6 is 0 Å². The number of carbonyl (C=O) groups is 1. The van der Waals surface area contributed by atoms with Crippen LogP contribution in [-0.2, 0) is 11.2 Å². The van der Waals surface area contributed by atoms with Gasteiger partial charge in [-0.3, -0.25) is 0 Å². The second-order valence-corrected chi connectivity index (χ2v) is 4.87. The molecule has 23 heavy (non-hydrogen) atoms. The number of ether oxygens (including phenoxy) is 3. The number of hydrogen-bond acceptors (Lipinski definition) is 4. The molecule has 0 spiro atoms. The van der Waals surface area contributed by atoms with Gasteiger partial charge in [-0.1, -0.05) is 6.07 Å². The number of carbonyl (C=O) groups excluding carboxylic acids is 1. The molecule has 0 fully saturated rings. The highest BCUT2D eigenvalue weighted by Gasteiger charge is 2.11. The average Bonchev–Trinajstić information content (AvgIpc) is 2.47. The maximum absolute atomic E-state index is 12.4. The molecule has 0 saturated carbocycles. The number of benzene rings is 1. The molecule has 0 saturated heterocycles. The quantitative estimate of drug-likeness (QED) is 0.727. The second-order valence-electron chi connectivity index (χ2n) is 4.87. The predicted octanol–water partition coefficient (Wildman–Crippen LogP) is 2.17. The molecule has 1 aromatic rings. The number of hydrogen-bond donors (Lipinski definition) is 2. The van der Waals surface area contributed by atoms with E-state index >= 15 is 0 Å². The molecule has 2 amide bonds. The zero-order valence-electron chi connectivity index (χ0n) is 13.4. The molecule has 0 aliphatic carbocycles. The van der Waals surface area contributed by atoms with Gasteiger partial charge in [0.25, 0.3) is 0 Å². The van der Waals surface area contributed by atoms with Crippen molar-refractivity contribution >= 4 is 6.03 Å². The van der Waals surface area contributed by atoms with Crippen LogP contribution in [0.5, 0.6) is 11.5 Å². The van der Waals surface area contributed by atoms with Gasteiger partial charge in [0.1, 0.15) is 0 Å². The number of alkyl halides is 2. The second kappa shape index (κ2) is 9.83. The van der Waals surface area contributed by atoms with Crippen molar-refractivity contribution in [1.82, 2.24) is 10.6 Å². The Kier molecular flexibility index (Phi) is 8.10. The van der Waals surface area contributed by atoms with Gasteiger partial charge in [0.15, 0.2) is 11.5 Å². The SMILES string of the molecule is COC[C@H](C)NC(=O)NCCc1ccc(OC)c(OC(F)F)c1. The highest BCUT2D eigenvalue weighted by Crippen LogP contribution is 2.29. The van der Waals surface area contributed by atoms with Crippen molar-refractivity contribution in [3.8, 4) is 11.5 Å². The lowest BCUT2D eigenvalue weighted by Gasteiger charge is -2.14. The molecule has 1 atom stereocenters. The van der Waals surface area contributed by atoms with E-state index in [2.05, 4.69) is 15.4 Å². The largest absolute Gasteiger partial charge is 0.493 e. The molecule has 0 bridgehead atoms. The molecule has 1 rings (SSSR count). The zero-order chi connectivity index (χ0) is 17.2. The Morgan fingerprint density at radius 3 is 2.61 bits per heavy atom. The van der Waals surface area contributed by atoms with E-state index in [1.54, 1.807) is 19.2 Å². The summed E-state index contributed by atoms with van der Waals surface area (Å²) in [7, 11) is 2.93. The minimum atomic E-state index is -2.93. The monoisotopic (exact) mass is 332 g/mol. The van der Waals surface area contributed by atoms with Crippen LogP contribution in [0.3, 0.4) is 0 Å². The summed E-state index contributed by atoms with van der Waals surface area (Å²) in [5.41, 5.74) is 0.742. The molecular weight excluding hydrogens is 310 g/mol. The molecule has 0 aliphatic rings. The number of amides is 2. The highest BCUT2D eigenvalue weighted by molar-refractivity contribution is 5.74. The van der Waals surface area contributed by atoms with Crippen molar-refractivity contribution in [3.63, 3.8) is 0 Å². The van der Waals surface area contributed by atoms with Crippen LogP contribution < -0.4 is 20.1 Å². The summed E-state index contributed by atoms with van der Waals surface area (Å²) in [6.07, 6.45) is 0.468. The van der Waals surface area contributed by atoms with Crippen LogP contribution in [0.4, 0.5) is 13.6 Å². The topological polar surface area (TPSA) is 68.8 Å². The fourth-order valence-corrected chi connectivity index (χ4v) is 1.95. The number of halogens is 2. The summed E-state index contributed by atoms with van der Waals surface area (Å²) < 4.78 is 39.0. The first-order valence-corrected chi connectivity index (χ1v) is 7.11. The molecule has 130 valence electrons. The van der Waals surface area contributed by atoms with Crippen LogP contribution in [0, 0.1) is 0 Å². The molecule has 8 heteroatoms. The van der Waals surface area contributed by atoms with E-state index in [1.807, 2.05) is 6.92 Å². The summed E-state index contributed by atoms with van der Waals surface area (Å²) in [4.78, 5) is 11.6. The van der Waals surface area contributed by atoms with Crippen molar-refractivity contribution < 1.29 is 27.8 Å². The lowest BCUT2D eigenvalue weighted by atomic mass is 10.1. The van der Waals surface area contributed by atoms with Gasteiger partial charge in [0.05, 0.1) is 19.8 Å². The van der Waals surface area contributed by atoms with Crippen LogP contribution in [0.15, 0.2) is 18.2 Å². The van der Waals surface area contributed by atoms with E-state index < -0.39 is 6.61 Å². The summed E-state index contributed by atoms with van der Waals surface area (Å²) in [6, 6.07) is 4.33. The molecular formula is C15H22F2N2O4. The van der Waals surface area contributed by atoms with E-state index in [-0.39, 0.29) is 23.6 Å². The number of nitrogens with one attached hydrogen (secondary N) is 2. The maximum atomic E-state index is 12.4. The molecule has 0 radical (unpaired) electrons. The molecule has 1 aromatic carbocycles. The molecule has 0 aliphatic heterocycles. The Hall–Kier alpha value is -2.09. The first kappa shape index (κ1) is 19.0. The van der Waals surface area contributed by atoms with Gasteiger partial charge in [-0.05, 0) is 31.0 Å². The van der Waals surface area contributed by atoms with Crippen LogP contribution in [-0.4, -0.2) is 46.1 Å². The predicted molar refractivity (Wildman–Crippen MR) is 81.2 cm³/mol. The van der Waals surface area contributed by atoms with Crippen molar-refractivity contribution in [2.75, 3.05) is 27.4 Å². The molecule has 0 unspecified atom stereocenters. The summed E-state index contributed by atoms with van der Waals surface area (Å²) in [5, 5.41) is 5.39. The van der Waals surface area contributed by atoms with E-state index in [0.29, 0.717) is 19.6 Å². The van der Waals surface area contributed by atoms with Crippen LogP contribution in [0.2, 0.25) is 0 Å². The van der Waals surface area contributed by atoms with Gasteiger partial charge in [0.2, 0.25) is 0 Å². The van der Waals surface area contributed by atoms with Crippen LogP contribution in [0.1, 0.15) is 12.5 Å². The van der Waals surface area contributed by atoms with E-state index in [4.69, 9.17) is 9.47 Å². The molecule has 0 heterocycles. The average molecular weight is 332 g/mol. The molecule has 0 aromatic heterocycles. The minimum absolute atomic E-state index is 0.0295. The van der Waals surface area contributed by atoms with Gasteiger partial charge >= 0.3 is 12.6 Å². The van der Waals surface area contributed by atoms with Crippen molar-refractivity contribution in [2.45, 2.75) is 26.0 Å². The zero-order valence-corrected chi connectivity index (χ0v) is 13.4. The first-order chi connectivity index (χ1) is 11.0. The first-order valence-electron chi connectivity index (χ1n) is 7.11. The van der Waals surface area contributed by atoms with Crippen molar-refractivity contribution in [2.24, 2.45) is 0 Å².